The van der Waals surface area contributed by atoms with Crippen molar-refractivity contribution >= 4 is 17.2 Å². The molecule has 0 aliphatic carbocycles. The van der Waals surface area contributed by atoms with Crippen LogP contribution in [-0.4, -0.2) is 29.2 Å². The van der Waals surface area contributed by atoms with Crippen LogP contribution in [0.25, 0.3) is 0 Å². The molecule has 76 valence electrons. The molecule has 2 nitrogen and oxygen atoms in total. The number of hydrogen-bond donors (Lipinski definition) is 1. The summed E-state index contributed by atoms with van der Waals surface area (Å²) in [5, 5.41) is 2.55. The first kappa shape index (κ1) is 10.8. The van der Waals surface area contributed by atoms with Crippen LogP contribution < -0.4 is 5.32 Å². The zero-order valence-electron chi connectivity index (χ0n) is 7.80. The van der Waals surface area contributed by atoms with Gasteiger partial charge in [0.05, 0.1) is 11.6 Å². The van der Waals surface area contributed by atoms with Crippen molar-refractivity contribution in [1.29, 1.82) is 0 Å². The fourth-order valence-corrected chi connectivity index (χ4v) is 1.58. The largest absolute Gasteiger partial charge is 0.370 e. The van der Waals surface area contributed by atoms with Crippen molar-refractivity contribution in [2.24, 2.45) is 0 Å². The lowest BCUT2D eigenvalue weighted by atomic mass is 9.98. The summed E-state index contributed by atoms with van der Waals surface area (Å²) in [6.45, 7) is 4.63. The van der Waals surface area contributed by atoms with Crippen LogP contribution in [0, 0.1) is 0 Å². The maximum Gasteiger partial charge on any atom is 0.250 e. The predicted octanol–water partition coefficient (Wildman–Crippen LogP) is 1.73. The maximum atomic E-state index is 13.5. The molecule has 1 rings (SSSR count). The Morgan fingerprint density at radius 3 is 2.54 bits per heavy atom. The molecule has 3 atom stereocenters. The van der Waals surface area contributed by atoms with E-state index in [0.717, 1.165) is 0 Å². The molecule has 1 aliphatic heterocycles. The maximum absolute atomic E-state index is 13.5. The van der Waals surface area contributed by atoms with E-state index in [1.165, 1.54) is 13.8 Å². The van der Waals surface area contributed by atoms with Gasteiger partial charge in [0, 0.05) is 0 Å². The summed E-state index contributed by atoms with van der Waals surface area (Å²) in [5.41, 5.74) is -1.15. The molecule has 5 heteroatoms. The smallest absolute Gasteiger partial charge is 0.250 e. The Hall–Kier alpha value is -0.290. The van der Waals surface area contributed by atoms with Crippen LogP contribution >= 0.6 is 12.2 Å². The van der Waals surface area contributed by atoms with Gasteiger partial charge in [0.25, 0.3) is 6.36 Å². The molecule has 0 amide bonds. The fourth-order valence-electron chi connectivity index (χ4n) is 1.35. The number of ether oxygens (including phenoxy) is 1. The highest BCUT2D eigenvalue weighted by Gasteiger charge is 2.41. The zero-order chi connectivity index (χ0) is 10.2. The third kappa shape index (κ3) is 2.14. The van der Waals surface area contributed by atoms with Crippen molar-refractivity contribution in [3.8, 4) is 0 Å². The minimum atomic E-state index is -1.71. The van der Waals surface area contributed by atoms with Crippen molar-refractivity contribution in [2.45, 2.75) is 44.9 Å². The molecule has 0 saturated carbocycles. The standard InChI is InChI=1S/C8H13F2NOS/c1-4-5(9)8(2,3)12-6(10)7(13)11-4/h4-6H,1-3H3,(H,11,13). The third-order valence-corrected chi connectivity index (χ3v) is 2.39. The van der Waals surface area contributed by atoms with Crippen LogP contribution in [0.5, 0.6) is 0 Å². The number of hydrogen-bond acceptors (Lipinski definition) is 2. The van der Waals surface area contributed by atoms with Gasteiger partial charge in [0.1, 0.15) is 11.2 Å². The first-order valence-electron chi connectivity index (χ1n) is 4.11. The van der Waals surface area contributed by atoms with E-state index in [4.69, 9.17) is 4.74 Å². The minimum absolute atomic E-state index is 0.0827. The quantitative estimate of drug-likeness (QED) is 0.614. The zero-order valence-corrected chi connectivity index (χ0v) is 8.62. The van der Waals surface area contributed by atoms with Gasteiger partial charge >= 0.3 is 0 Å². The average molecular weight is 209 g/mol. The van der Waals surface area contributed by atoms with Crippen LogP contribution in [-0.2, 0) is 4.74 Å². The molecule has 1 fully saturated rings. The third-order valence-electron chi connectivity index (χ3n) is 2.09. The van der Waals surface area contributed by atoms with Crippen LogP contribution in [0.3, 0.4) is 0 Å². The molecule has 0 radical (unpaired) electrons. The molecule has 13 heavy (non-hydrogen) atoms. The Morgan fingerprint density at radius 1 is 1.46 bits per heavy atom. The molecule has 1 aliphatic rings. The van der Waals surface area contributed by atoms with E-state index in [9.17, 15) is 8.78 Å². The van der Waals surface area contributed by atoms with E-state index < -0.39 is 24.2 Å². The lowest BCUT2D eigenvalue weighted by molar-refractivity contribution is -0.126. The van der Waals surface area contributed by atoms with Crippen LogP contribution in [0.15, 0.2) is 0 Å². The lowest BCUT2D eigenvalue weighted by Gasteiger charge is -2.29. The second-order valence-corrected chi connectivity index (χ2v) is 4.18. The van der Waals surface area contributed by atoms with Crippen LogP contribution in [0.4, 0.5) is 8.78 Å². The van der Waals surface area contributed by atoms with E-state index in [0.29, 0.717) is 0 Å². The molecule has 0 aromatic rings. The van der Waals surface area contributed by atoms with Crippen molar-refractivity contribution in [3.05, 3.63) is 0 Å². The SMILES string of the molecule is CC1NC(=S)C(F)OC(C)(C)C1F. The fraction of sp³-hybridized carbons (Fsp3) is 0.875. The Morgan fingerprint density at radius 2 is 2.00 bits per heavy atom. The van der Waals surface area contributed by atoms with E-state index in [1.807, 2.05) is 0 Å². The van der Waals surface area contributed by atoms with Crippen molar-refractivity contribution in [3.63, 3.8) is 0 Å². The summed E-state index contributed by atoms with van der Waals surface area (Å²) in [7, 11) is 0. The summed E-state index contributed by atoms with van der Waals surface area (Å²) in [4.78, 5) is -0.0827. The summed E-state index contributed by atoms with van der Waals surface area (Å²) in [5.74, 6) is 0. The number of alkyl halides is 2. The highest BCUT2D eigenvalue weighted by Crippen LogP contribution is 2.26. The lowest BCUT2D eigenvalue weighted by Crippen LogP contribution is -2.45. The van der Waals surface area contributed by atoms with Gasteiger partial charge in [-0.05, 0) is 20.8 Å². The van der Waals surface area contributed by atoms with Crippen LogP contribution in [0.2, 0.25) is 0 Å². The van der Waals surface area contributed by atoms with E-state index in [-0.39, 0.29) is 4.99 Å². The van der Waals surface area contributed by atoms with E-state index in [2.05, 4.69) is 17.5 Å². The molecular formula is C8H13F2NOS. The summed E-state index contributed by atoms with van der Waals surface area (Å²) >= 11 is 4.67. The van der Waals surface area contributed by atoms with Gasteiger partial charge in [0.15, 0.2) is 0 Å². The molecule has 1 heterocycles. The molecule has 0 aromatic heterocycles. The summed E-state index contributed by atoms with van der Waals surface area (Å²) in [6, 6.07) is -0.525. The van der Waals surface area contributed by atoms with Gasteiger partial charge in [-0.2, -0.15) is 0 Å². The summed E-state index contributed by atoms with van der Waals surface area (Å²) < 4.78 is 31.5. The van der Waals surface area contributed by atoms with Crippen LogP contribution in [0.1, 0.15) is 20.8 Å². The average Bonchev–Trinajstić information content (AvgIpc) is 2.05. The molecule has 1 N–H and O–H groups in total. The Kier molecular flexibility index (Phi) is 2.87. The second kappa shape index (κ2) is 3.46. The molecule has 0 spiro atoms. The Balaban J connectivity index is 2.87. The second-order valence-electron chi connectivity index (χ2n) is 3.74. The highest BCUT2D eigenvalue weighted by molar-refractivity contribution is 7.80. The van der Waals surface area contributed by atoms with Gasteiger partial charge in [0.2, 0.25) is 0 Å². The number of nitrogens with one attached hydrogen (secondary N) is 1. The molecule has 0 aromatic carbocycles. The van der Waals surface area contributed by atoms with Crippen molar-refractivity contribution in [1.82, 2.24) is 5.32 Å². The highest BCUT2D eigenvalue weighted by atomic mass is 32.1. The predicted molar refractivity (Wildman–Crippen MR) is 50.2 cm³/mol. The topological polar surface area (TPSA) is 21.3 Å². The van der Waals surface area contributed by atoms with E-state index in [1.54, 1.807) is 6.92 Å². The monoisotopic (exact) mass is 209 g/mol. The number of thiocarbonyl (C=S) groups is 1. The van der Waals surface area contributed by atoms with E-state index >= 15 is 0 Å². The Labute approximate surface area is 81.6 Å². The minimum Gasteiger partial charge on any atom is -0.370 e. The van der Waals surface area contributed by atoms with Gasteiger partial charge in [-0.25, -0.2) is 8.78 Å². The first-order chi connectivity index (χ1) is 5.84. The van der Waals surface area contributed by atoms with Crippen molar-refractivity contribution in [2.75, 3.05) is 0 Å². The molecular weight excluding hydrogens is 196 g/mol. The first-order valence-corrected chi connectivity index (χ1v) is 4.52. The molecule has 3 unspecified atom stereocenters. The van der Waals surface area contributed by atoms with Gasteiger partial charge in [-0.1, -0.05) is 12.2 Å². The normalized spacial score (nSPS) is 39.5. The van der Waals surface area contributed by atoms with Crippen molar-refractivity contribution < 1.29 is 13.5 Å². The van der Waals surface area contributed by atoms with Gasteiger partial charge in [-0.3, -0.25) is 0 Å². The van der Waals surface area contributed by atoms with Gasteiger partial charge in [-0.15, -0.1) is 0 Å². The van der Waals surface area contributed by atoms with Gasteiger partial charge < -0.3 is 10.1 Å². The number of halogens is 2. The summed E-state index contributed by atoms with van der Waals surface area (Å²) in [6.07, 6.45) is -3.00. The molecule has 0 bridgehead atoms. The number of rotatable bonds is 0. The molecule has 1 saturated heterocycles. The Bertz CT molecular complexity index is 222.